The van der Waals surface area contributed by atoms with Crippen LogP contribution in [0.2, 0.25) is 0 Å². The van der Waals surface area contributed by atoms with Crippen LogP contribution < -0.4 is 21.3 Å². The number of hydrogen-bond acceptors (Lipinski definition) is 6. The number of carbonyl (C=O) groups excluding carboxylic acids is 1. The van der Waals surface area contributed by atoms with E-state index in [4.69, 9.17) is 10.5 Å². The summed E-state index contributed by atoms with van der Waals surface area (Å²) in [5.74, 6) is -6.19. The number of amides is 1. The number of ether oxygens (including phenoxy) is 1. The number of piperidine rings is 1. The number of nitrogens with two attached hydrogens (primary N) is 1. The minimum Gasteiger partial charge on any atom is -0.453 e. The molecule has 3 aromatic rings. The highest BCUT2D eigenvalue weighted by atomic mass is 19.3. The number of hydrogen-bond donors (Lipinski definition) is 3. The number of halogens is 4. The van der Waals surface area contributed by atoms with Crippen molar-refractivity contribution < 1.29 is 27.1 Å². The van der Waals surface area contributed by atoms with Crippen molar-refractivity contribution in [3.63, 3.8) is 0 Å². The number of anilines is 1. The third kappa shape index (κ3) is 5.97. The summed E-state index contributed by atoms with van der Waals surface area (Å²) in [6, 6.07) is 6.38. The number of carbonyl (C=O) groups is 1. The van der Waals surface area contributed by atoms with E-state index in [1.54, 1.807) is 11.8 Å². The Balaban J connectivity index is 1.41. The Bertz CT molecular complexity index is 1330. The van der Waals surface area contributed by atoms with Crippen molar-refractivity contribution in [2.24, 2.45) is 5.73 Å². The number of alkyl halides is 2. The molecular weight excluding hydrogens is 494 g/mol. The average Bonchev–Trinajstić information content (AvgIpc) is 2.86. The van der Waals surface area contributed by atoms with E-state index in [9.17, 15) is 27.2 Å². The molecule has 12 heteroatoms. The quantitative estimate of drug-likeness (QED) is 0.410. The molecule has 2 aromatic heterocycles. The number of nitrogens with one attached hydrogen (secondary N) is 2. The maximum absolute atomic E-state index is 14.8. The molecule has 2 atom stereocenters. The Hall–Kier alpha value is -3.77. The first-order valence-electron chi connectivity index (χ1n) is 11.5. The summed E-state index contributed by atoms with van der Waals surface area (Å²) in [5, 5.41) is 2.63. The normalized spacial score (nSPS) is 18.3. The van der Waals surface area contributed by atoms with Crippen molar-refractivity contribution in [2.75, 3.05) is 18.4 Å². The molecule has 1 fully saturated rings. The van der Waals surface area contributed by atoms with E-state index in [-0.39, 0.29) is 48.1 Å². The van der Waals surface area contributed by atoms with Gasteiger partial charge in [-0.3, -0.25) is 14.5 Å². The lowest BCUT2D eigenvalue weighted by molar-refractivity contribution is -0.125. The Morgan fingerprint density at radius 2 is 2.08 bits per heavy atom. The van der Waals surface area contributed by atoms with Gasteiger partial charge in [0.25, 0.3) is 11.5 Å². The molecule has 4 rings (SSSR count). The van der Waals surface area contributed by atoms with Crippen LogP contribution in [0.15, 0.2) is 53.6 Å². The number of pyridine rings is 2. The standard InChI is InChI=1S/C25H25F4N5O3/c1-14(34-7-6-25(28,29)19(13-34)16-8-15(10-30)24(36)32-11-16)23(35)33-22-5-3-18(12-31-22)37-21-4-2-17(26)9-20(21)27/h2-5,8-9,11-12,14,19H,6-7,10,13,30H2,1H3,(H,32,36)(H,31,33,35)/t14-,19+/m0/s1. The lowest BCUT2D eigenvalue weighted by Crippen LogP contribution is -2.52. The smallest absolute Gasteiger partial charge is 0.257 e. The molecule has 1 aromatic carbocycles. The fourth-order valence-electron chi connectivity index (χ4n) is 4.13. The molecule has 1 aliphatic rings. The third-order valence-corrected chi connectivity index (χ3v) is 6.32. The van der Waals surface area contributed by atoms with Gasteiger partial charge in [-0.1, -0.05) is 0 Å². The second kappa shape index (κ2) is 10.7. The van der Waals surface area contributed by atoms with Gasteiger partial charge in [0.1, 0.15) is 17.4 Å². The zero-order valence-corrected chi connectivity index (χ0v) is 19.8. The van der Waals surface area contributed by atoms with Crippen molar-refractivity contribution in [3.8, 4) is 11.5 Å². The summed E-state index contributed by atoms with van der Waals surface area (Å²) in [6.07, 6.45) is 2.06. The van der Waals surface area contributed by atoms with Crippen molar-refractivity contribution in [1.29, 1.82) is 0 Å². The maximum atomic E-state index is 14.8. The van der Waals surface area contributed by atoms with Gasteiger partial charge in [0.15, 0.2) is 11.6 Å². The van der Waals surface area contributed by atoms with Gasteiger partial charge in [0.05, 0.1) is 18.2 Å². The second-order valence-corrected chi connectivity index (χ2v) is 8.77. The molecule has 1 amide bonds. The maximum Gasteiger partial charge on any atom is 0.257 e. The third-order valence-electron chi connectivity index (χ3n) is 6.32. The van der Waals surface area contributed by atoms with Gasteiger partial charge < -0.3 is 20.8 Å². The van der Waals surface area contributed by atoms with Crippen LogP contribution in [0.5, 0.6) is 11.5 Å². The number of benzene rings is 1. The molecule has 37 heavy (non-hydrogen) atoms. The van der Waals surface area contributed by atoms with Crippen LogP contribution in [0, 0.1) is 11.6 Å². The zero-order chi connectivity index (χ0) is 26.7. The molecule has 196 valence electrons. The van der Waals surface area contributed by atoms with Crippen molar-refractivity contribution in [1.82, 2.24) is 14.9 Å². The van der Waals surface area contributed by atoms with Crippen LogP contribution >= 0.6 is 0 Å². The van der Waals surface area contributed by atoms with E-state index in [1.165, 1.54) is 30.6 Å². The van der Waals surface area contributed by atoms with Crippen LogP contribution in [0.1, 0.15) is 30.4 Å². The fraction of sp³-hybridized carbons (Fsp3) is 0.320. The largest absolute Gasteiger partial charge is 0.453 e. The number of aromatic nitrogens is 2. The highest BCUT2D eigenvalue weighted by Crippen LogP contribution is 2.40. The minimum atomic E-state index is -3.03. The number of rotatable bonds is 7. The van der Waals surface area contributed by atoms with Crippen LogP contribution in [-0.2, 0) is 11.3 Å². The zero-order valence-electron chi connectivity index (χ0n) is 19.8. The Morgan fingerprint density at radius 1 is 1.30 bits per heavy atom. The van der Waals surface area contributed by atoms with E-state index in [2.05, 4.69) is 15.3 Å². The summed E-state index contributed by atoms with van der Waals surface area (Å²) < 4.78 is 61.8. The van der Waals surface area contributed by atoms with Crippen molar-refractivity contribution >= 4 is 11.7 Å². The van der Waals surface area contributed by atoms with Crippen LogP contribution in [0.4, 0.5) is 23.4 Å². The van der Waals surface area contributed by atoms with Gasteiger partial charge in [-0.05, 0) is 42.8 Å². The first-order valence-corrected chi connectivity index (χ1v) is 11.5. The summed E-state index contributed by atoms with van der Waals surface area (Å²) in [5.41, 5.74) is 5.57. The molecule has 4 N–H and O–H groups in total. The summed E-state index contributed by atoms with van der Waals surface area (Å²) in [7, 11) is 0. The fourth-order valence-corrected chi connectivity index (χ4v) is 4.13. The first-order chi connectivity index (χ1) is 17.6. The average molecular weight is 519 g/mol. The molecule has 0 bridgehead atoms. The molecule has 1 saturated heterocycles. The van der Waals surface area contributed by atoms with E-state index < -0.39 is 47.4 Å². The molecule has 8 nitrogen and oxygen atoms in total. The second-order valence-electron chi connectivity index (χ2n) is 8.77. The monoisotopic (exact) mass is 519 g/mol. The van der Waals surface area contributed by atoms with Crippen molar-refractivity contribution in [2.45, 2.75) is 37.8 Å². The predicted octanol–water partition coefficient (Wildman–Crippen LogP) is 3.75. The number of aromatic amines is 1. The van der Waals surface area contributed by atoms with E-state index in [0.29, 0.717) is 6.07 Å². The SMILES string of the molecule is C[C@@H](C(=O)Nc1ccc(Oc2ccc(F)cc2F)cn1)N1CCC(F)(F)[C@@H](c2c[nH]c(=O)c(CN)c2)C1. The van der Waals surface area contributed by atoms with Gasteiger partial charge in [0, 0.05) is 43.9 Å². The van der Waals surface area contributed by atoms with E-state index >= 15 is 0 Å². The molecule has 3 heterocycles. The predicted molar refractivity (Wildman–Crippen MR) is 128 cm³/mol. The lowest BCUT2D eigenvalue weighted by atomic mass is 9.86. The summed E-state index contributed by atoms with van der Waals surface area (Å²) in [6.45, 7) is 1.40. The molecule has 0 radical (unpaired) electrons. The lowest BCUT2D eigenvalue weighted by Gasteiger charge is -2.40. The van der Waals surface area contributed by atoms with Crippen LogP contribution in [0.3, 0.4) is 0 Å². The van der Waals surface area contributed by atoms with Crippen molar-refractivity contribution in [3.05, 3.63) is 81.9 Å². The van der Waals surface area contributed by atoms with E-state index in [1.807, 2.05) is 0 Å². The van der Waals surface area contributed by atoms with Crippen LogP contribution in [0.25, 0.3) is 0 Å². The Morgan fingerprint density at radius 3 is 2.76 bits per heavy atom. The minimum absolute atomic E-state index is 0.00533. The first kappa shape index (κ1) is 26.3. The van der Waals surface area contributed by atoms with Gasteiger partial charge in [-0.15, -0.1) is 0 Å². The molecular formula is C25H25F4N5O3. The number of nitrogens with zero attached hydrogens (tertiary/aromatic N) is 2. The highest BCUT2D eigenvalue weighted by molar-refractivity contribution is 5.93. The van der Waals surface area contributed by atoms with Gasteiger partial charge in [-0.25, -0.2) is 22.5 Å². The van der Waals surface area contributed by atoms with E-state index in [0.717, 1.165) is 12.1 Å². The van der Waals surface area contributed by atoms with Crippen LogP contribution in [-0.4, -0.2) is 45.8 Å². The number of likely N-dealkylation sites (tertiary alicyclic amines) is 1. The number of H-pyrrole nitrogens is 1. The Kier molecular flexibility index (Phi) is 7.60. The molecule has 0 saturated carbocycles. The van der Waals surface area contributed by atoms with Gasteiger partial charge in [0.2, 0.25) is 5.91 Å². The summed E-state index contributed by atoms with van der Waals surface area (Å²) >= 11 is 0. The summed E-state index contributed by atoms with van der Waals surface area (Å²) in [4.78, 5) is 32.8. The molecule has 1 aliphatic heterocycles. The molecule has 0 spiro atoms. The highest BCUT2D eigenvalue weighted by Gasteiger charge is 2.46. The molecule has 0 aliphatic carbocycles. The topological polar surface area (TPSA) is 113 Å². The Labute approximate surface area is 209 Å². The molecule has 0 unspecified atom stereocenters. The van der Waals surface area contributed by atoms with Gasteiger partial charge >= 0.3 is 0 Å². The van der Waals surface area contributed by atoms with Gasteiger partial charge in [-0.2, -0.15) is 0 Å².